The molecule has 0 radical (unpaired) electrons. The molecule has 0 saturated carbocycles. The van der Waals surface area contributed by atoms with Crippen molar-refractivity contribution in [1.82, 2.24) is 10.2 Å². The highest BCUT2D eigenvalue weighted by molar-refractivity contribution is 7.92. The number of carbonyl (C=O) groups excluding carboxylic acids is 2. The fourth-order valence-electron chi connectivity index (χ4n) is 4.19. The average Bonchev–Trinajstić information content (AvgIpc) is 2.93. The maximum absolute atomic E-state index is 13.9. The molecule has 0 bridgehead atoms. The number of hydrogen-bond acceptors (Lipinski definition) is 5. The first-order valence-electron chi connectivity index (χ1n) is 12.7. The van der Waals surface area contributed by atoms with Crippen molar-refractivity contribution in [2.24, 2.45) is 0 Å². The van der Waals surface area contributed by atoms with Crippen LogP contribution in [-0.2, 0) is 26.2 Å². The smallest absolute Gasteiger partial charge is 0.264 e. The van der Waals surface area contributed by atoms with Crippen LogP contribution in [-0.4, -0.2) is 51.4 Å². The third-order valence-corrected chi connectivity index (χ3v) is 8.14. The Labute approximate surface area is 229 Å². The summed E-state index contributed by atoms with van der Waals surface area (Å²) in [5.41, 5.74) is 1.99. The SMILES string of the molecule is CCOc1ccc(N(CC(=O)N(Cc2ccccc2C)[C@@H](CC)C(=O)NC)S(=O)(=O)c2ccc(F)cc2)cc1. The van der Waals surface area contributed by atoms with Gasteiger partial charge in [0.1, 0.15) is 24.2 Å². The summed E-state index contributed by atoms with van der Waals surface area (Å²) in [5.74, 6) is -0.960. The highest BCUT2D eigenvalue weighted by Crippen LogP contribution is 2.27. The molecule has 0 fully saturated rings. The normalized spacial score (nSPS) is 11.9. The second kappa shape index (κ2) is 13.2. The topological polar surface area (TPSA) is 96.0 Å². The molecule has 3 aromatic rings. The van der Waals surface area contributed by atoms with Crippen LogP contribution in [0.4, 0.5) is 10.1 Å². The third-order valence-electron chi connectivity index (χ3n) is 6.35. The van der Waals surface area contributed by atoms with Crippen molar-refractivity contribution in [2.75, 3.05) is 24.5 Å². The zero-order chi connectivity index (χ0) is 28.6. The Bertz CT molecular complexity index is 1380. The molecule has 39 heavy (non-hydrogen) atoms. The average molecular weight is 556 g/mol. The van der Waals surface area contributed by atoms with Gasteiger partial charge in [-0.05, 0) is 79.9 Å². The lowest BCUT2D eigenvalue weighted by Gasteiger charge is -2.33. The van der Waals surface area contributed by atoms with Crippen LogP contribution in [0.2, 0.25) is 0 Å². The van der Waals surface area contributed by atoms with Crippen LogP contribution in [0.1, 0.15) is 31.4 Å². The molecule has 10 heteroatoms. The van der Waals surface area contributed by atoms with Gasteiger partial charge in [0.05, 0.1) is 17.2 Å². The zero-order valence-corrected chi connectivity index (χ0v) is 23.4. The number of sulfonamides is 1. The number of ether oxygens (including phenoxy) is 1. The van der Waals surface area contributed by atoms with E-state index in [0.29, 0.717) is 18.8 Å². The maximum Gasteiger partial charge on any atom is 0.264 e. The Morgan fingerprint density at radius 3 is 2.18 bits per heavy atom. The number of rotatable bonds is 12. The van der Waals surface area contributed by atoms with E-state index in [1.165, 1.54) is 11.9 Å². The first-order valence-corrected chi connectivity index (χ1v) is 14.1. The number of likely N-dealkylation sites (N-methyl/N-ethyl adjacent to an activating group) is 1. The molecule has 0 saturated heterocycles. The van der Waals surface area contributed by atoms with Gasteiger partial charge in [-0.15, -0.1) is 0 Å². The van der Waals surface area contributed by atoms with E-state index in [2.05, 4.69) is 5.32 Å². The van der Waals surface area contributed by atoms with E-state index < -0.39 is 34.3 Å². The van der Waals surface area contributed by atoms with Gasteiger partial charge in [-0.25, -0.2) is 12.8 Å². The van der Waals surface area contributed by atoms with Crippen molar-refractivity contribution in [2.45, 2.75) is 44.7 Å². The van der Waals surface area contributed by atoms with Gasteiger partial charge >= 0.3 is 0 Å². The minimum atomic E-state index is -4.29. The lowest BCUT2D eigenvalue weighted by atomic mass is 10.1. The van der Waals surface area contributed by atoms with Crippen molar-refractivity contribution in [1.29, 1.82) is 0 Å². The van der Waals surface area contributed by atoms with Crippen molar-refractivity contribution < 1.29 is 27.1 Å². The number of anilines is 1. The number of benzene rings is 3. The second-order valence-electron chi connectivity index (χ2n) is 8.88. The summed E-state index contributed by atoms with van der Waals surface area (Å²) >= 11 is 0. The van der Waals surface area contributed by atoms with Gasteiger partial charge in [0.2, 0.25) is 11.8 Å². The van der Waals surface area contributed by atoms with Crippen LogP contribution in [0.25, 0.3) is 0 Å². The highest BCUT2D eigenvalue weighted by Gasteiger charge is 2.33. The monoisotopic (exact) mass is 555 g/mol. The quantitative estimate of drug-likeness (QED) is 0.360. The predicted octanol–water partition coefficient (Wildman–Crippen LogP) is 4.28. The summed E-state index contributed by atoms with van der Waals surface area (Å²) in [5, 5.41) is 2.60. The number of nitrogens with one attached hydrogen (secondary N) is 1. The van der Waals surface area contributed by atoms with Gasteiger partial charge in [0.15, 0.2) is 0 Å². The van der Waals surface area contributed by atoms with E-state index >= 15 is 0 Å². The first kappa shape index (κ1) is 29.6. The van der Waals surface area contributed by atoms with Crippen LogP contribution in [0, 0.1) is 12.7 Å². The van der Waals surface area contributed by atoms with Crippen LogP contribution in [0.15, 0.2) is 77.7 Å². The Kier molecular flexibility index (Phi) is 10.1. The largest absolute Gasteiger partial charge is 0.494 e. The van der Waals surface area contributed by atoms with Crippen molar-refractivity contribution in [3.05, 3.63) is 89.7 Å². The number of amides is 2. The molecule has 1 N–H and O–H groups in total. The number of hydrogen-bond donors (Lipinski definition) is 1. The summed E-state index contributed by atoms with van der Waals surface area (Å²) in [6.07, 6.45) is 0.324. The van der Waals surface area contributed by atoms with Crippen molar-refractivity contribution >= 4 is 27.5 Å². The van der Waals surface area contributed by atoms with E-state index in [0.717, 1.165) is 39.7 Å². The van der Waals surface area contributed by atoms with E-state index in [-0.39, 0.29) is 23.0 Å². The molecule has 2 amide bonds. The third kappa shape index (κ3) is 7.14. The maximum atomic E-state index is 13.9. The summed E-state index contributed by atoms with van der Waals surface area (Å²) in [6, 6.07) is 17.4. The van der Waals surface area contributed by atoms with Gasteiger partial charge in [0, 0.05) is 13.6 Å². The molecule has 0 heterocycles. The van der Waals surface area contributed by atoms with Crippen LogP contribution in [0.5, 0.6) is 5.75 Å². The fraction of sp³-hybridized carbons (Fsp3) is 0.310. The van der Waals surface area contributed by atoms with E-state index in [9.17, 15) is 22.4 Å². The molecular weight excluding hydrogens is 521 g/mol. The van der Waals surface area contributed by atoms with Gasteiger partial charge < -0.3 is 15.0 Å². The number of nitrogens with zero attached hydrogens (tertiary/aromatic N) is 2. The lowest BCUT2D eigenvalue weighted by Crippen LogP contribution is -2.51. The Morgan fingerprint density at radius 2 is 1.62 bits per heavy atom. The lowest BCUT2D eigenvalue weighted by molar-refractivity contribution is -0.140. The number of aryl methyl sites for hydroxylation is 1. The van der Waals surface area contributed by atoms with Gasteiger partial charge in [-0.2, -0.15) is 0 Å². The molecule has 0 aliphatic heterocycles. The molecule has 3 aromatic carbocycles. The van der Waals surface area contributed by atoms with Crippen LogP contribution >= 0.6 is 0 Å². The van der Waals surface area contributed by atoms with Gasteiger partial charge in [-0.3, -0.25) is 13.9 Å². The van der Waals surface area contributed by atoms with Crippen molar-refractivity contribution in [3.8, 4) is 5.75 Å². The fourth-order valence-corrected chi connectivity index (χ4v) is 5.61. The Hall–Kier alpha value is -3.92. The number of carbonyl (C=O) groups is 2. The Balaban J connectivity index is 2.07. The molecule has 208 valence electrons. The molecule has 0 aromatic heterocycles. The first-order chi connectivity index (χ1) is 18.6. The number of halogens is 1. The molecule has 0 aliphatic carbocycles. The van der Waals surface area contributed by atoms with Crippen molar-refractivity contribution in [3.63, 3.8) is 0 Å². The minimum Gasteiger partial charge on any atom is -0.494 e. The molecule has 0 spiro atoms. The summed E-state index contributed by atoms with van der Waals surface area (Å²) in [6.45, 7) is 5.50. The van der Waals surface area contributed by atoms with Gasteiger partial charge in [-0.1, -0.05) is 31.2 Å². The Morgan fingerprint density at radius 1 is 0.974 bits per heavy atom. The zero-order valence-electron chi connectivity index (χ0n) is 22.6. The second-order valence-corrected chi connectivity index (χ2v) is 10.7. The summed E-state index contributed by atoms with van der Waals surface area (Å²) in [7, 11) is -2.79. The molecule has 0 unspecified atom stereocenters. The van der Waals surface area contributed by atoms with E-state index in [4.69, 9.17) is 4.74 Å². The molecule has 3 rings (SSSR count). The van der Waals surface area contributed by atoms with Crippen LogP contribution < -0.4 is 14.4 Å². The van der Waals surface area contributed by atoms with Crippen LogP contribution in [0.3, 0.4) is 0 Å². The molecule has 8 nitrogen and oxygen atoms in total. The molecule has 1 atom stereocenters. The van der Waals surface area contributed by atoms with E-state index in [1.807, 2.05) is 38.1 Å². The van der Waals surface area contributed by atoms with Gasteiger partial charge in [0.25, 0.3) is 10.0 Å². The molecular formula is C29H34FN3O5S. The van der Waals surface area contributed by atoms with E-state index in [1.54, 1.807) is 31.2 Å². The predicted molar refractivity (Wildman–Crippen MR) is 148 cm³/mol. The highest BCUT2D eigenvalue weighted by atomic mass is 32.2. The standard InChI is InChI=1S/C29H34FN3O5S/c1-5-27(29(35)31-4)32(19-22-10-8-7-9-21(22)3)28(34)20-33(24-13-15-25(16-14-24)38-6-2)39(36,37)26-17-11-23(30)12-18-26/h7-18,27H,5-6,19-20H2,1-4H3,(H,31,35)/t27-/m0/s1. The summed E-state index contributed by atoms with van der Waals surface area (Å²) in [4.78, 5) is 27.9. The molecule has 0 aliphatic rings. The summed E-state index contributed by atoms with van der Waals surface area (Å²) < 4.78 is 47.6. The minimum absolute atomic E-state index is 0.116.